The molecule has 0 saturated heterocycles. The number of hydrogen-bond acceptors (Lipinski definition) is 2. The fourth-order valence-electron chi connectivity index (χ4n) is 2.38. The number of pyridine rings is 1. The van der Waals surface area contributed by atoms with Crippen molar-refractivity contribution < 1.29 is 31.1 Å². The zero-order chi connectivity index (χ0) is 20.0. The highest BCUT2D eigenvalue weighted by Crippen LogP contribution is 2.43. The molecular weight excluding hydrogens is 419 g/mol. The van der Waals surface area contributed by atoms with Gasteiger partial charge in [-0.2, -0.15) is 26.3 Å². The molecule has 0 aliphatic heterocycles. The van der Waals surface area contributed by atoms with Crippen LogP contribution in [0.15, 0.2) is 42.5 Å². The first-order valence-electron chi connectivity index (χ1n) is 7.18. The lowest BCUT2D eigenvalue weighted by molar-refractivity contribution is -0.141. The Labute approximate surface area is 158 Å². The predicted octanol–water partition coefficient (Wildman–Crippen LogP) is 7.37. The molecule has 0 atom stereocenters. The molecule has 0 saturated carbocycles. The maximum absolute atomic E-state index is 13.1. The molecule has 0 fully saturated rings. The van der Waals surface area contributed by atoms with Gasteiger partial charge in [0.2, 0.25) is 0 Å². The number of para-hydroxylation sites is 1. The van der Waals surface area contributed by atoms with Gasteiger partial charge in [-0.05, 0) is 24.3 Å². The van der Waals surface area contributed by atoms with E-state index in [0.29, 0.717) is 6.07 Å². The molecule has 2 nitrogen and oxygen atoms in total. The lowest BCUT2D eigenvalue weighted by atomic mass is 10.1. The number of nitrogens with zero attached hydrogens (tertiary/aromatic N) is 1. The first-order chi connectivity index (χ1) is 12.5. The monoisotopic (exact) mass is 425 g/mol. The molecule has 0 amide bonds. The van der Waals surface area contributed by atoms with Crippen LogP contribution in [0.25, 0.3) is 10.9 Å². The molecule has 27 heavy (non-hydrogen) atoms. The molecule has 10 heteroatoms. The molecule has 1 heterocycles. The summed E-state index contributed by atoms with van der Waals surface area (Å²) in [6.07, 6.45) is -9.62. The Morgan fingerprint density at radius 1 is 0.815 bits per heavy atom. The molecule has 2 aromatic carbocycles. The van der Waals surface area contributed by atoms with Crippen LogP contribution in [-0.2, 0) is 12.4 Å². The average Bonchev–Trinajstić information content (AvgIpc) is 2.52. The van der Waals surface area contributed by atoms with Crippen LogP contribution in [0.2, 0.25) is 10.0 Å². The van der Waals surface area contributed by atoms with E-state index in [1.165, 1.54) is 12.1 Å². The Kier molecular flexibility index (Phi) is 4.90. The summed E-state index contributed by atoms with van der Waals surface area (Å²) in [6.45, 7) is 0. The number of hydrogen-bond donors (Lipinski definition) is 0. The molecule has 0 bridgehead atoms. The van der Waals surface area contributed by atoms with Gasteiger partial charge in [0.15, 0.2) is 0 Å². The van der Waals surface area contributed by atoms with Gasteiger partial charge in [0.1, 0.15) is 17.2 Å². The van der Waals surface area contributed by atoms with Gasteiger partial charge in [-0.15, -0.1) is 0 Å². The summed E-state index contributed by atoms with van der Waals surface area (Å²) in [4.78, 5) is 3.45. The van der Waals surface area contributed by atoms with Crippen molar-refractivity contribution in [3.05, 3.63) is 63.8 Å². The highest BCUT2D eigenvalue weighted by molar-refractivity contribution is 6.39. The van der Waals surface area contributed by atoms with E-state index in [9.17, 15) is 26.3 Å². The maximum atomic E-state index is 13.1. The zero-order valence-corrected chi connectivity index (χ0v) is 14.4. The fourth-order valence-corrected chi connectivity index (χ4v) is 2.96. The minimum Gasteiger partial charge on any atom is -0.456 e. The summed E-state index contributed by atoms with van der Waals surface area (Å²) in [5, 5.41) is -0.190. The quantitative estimate of drug-likeness (QED) is 0.399. The molecule has 142 valence electrons. The second-order valence-electron chi connectivity index (χ2n) is 5.38. The predicted molar refractivity (Wildman–Crippen MR) is 88.3 cm³/mol. The van der Waals surface area contributed by atoms with Crippen LogP contribution in [0.1, 0.15) is 11.3 Å². The Hall–Kier alpha value is -2.19. The molecular formula is C17H7Cl2F6NO. The van der Waals surface area contributed by atoms with Crippen LogP contribution in [-0.4, -0.2) is 4.98 Å². The number of alkyl halides is 6. The van der Waals surface area contributed by atoms with E-state index in [1.54, 1.807) is 0 Å². The summed E-state index contributed by atoms with van der Waals surface area (Å²) in [5.41, 5.74) is -2.76. The summed E-state index contributed by atoms with van der Waals surface area (Å²) >= 11 is 11.8. The molecule has 0 aliphatic rings. The Balaban J connectivity index is 2.26. The van der Waals surface area contributed by atoms with Gasteiger partial charge in [0.05, 0.1) is 21.5 Å². The highest BCUT2D eigenvalue weighted by atomic mass is 35.5. The third-order valence-corrected chi connectivity index (χ3v) is 4.01. The van der Waals surface area contributed by atoms with Crippen LogP contribution < -0.4 is 4.74 Å². The lowest BCUT2D eigenvalue weighted by Crippen LogP contribution is -2.10. The van der Waals surface area contributed by atoms with Crippen molar-refractivity contribution in [2.75, 3.05) is 0 Å². The minimum absolute atomic E-state index is 0.0148. The molecule has 3 rings (SSSR count). The number of aromatic nitrogens is 1. The maximum Gasteiger partial charge on any atom is 0.433 e. The van der Waals surface area contributed by atoms with Crippen LogP contribution in [0.3, 0.4) is 0 Å². The van der Waals surface area contributed by atoms with Gasteiger partial charge in [0, 0.05) is 11.1 Å². The Morgan fingerprint density at radius 2 is 1.48 bits per heavy atom. The lowest BCUT2D eigenvalue weighted by Gasteiger charge is -2.17. The van der Waals surface area contributed by atoms with Crippen molar-refractivity contribution in [3.63, 3.8) is 0 Å². The standard InChI is InChI=1S/C17H7Cl2F6NO/c18-8-5-10(19)15-11(6-8)26-14(17(23,24)25)7-13(15)27-12-4-2-1-3-9(12)16(20,21)22/h1-7H. The topological polar surface area (TPSA) is 22.1 Å². The smallest absolute Gasteiger partial charge is 0.433 e. The zero-order valence-electron chi connectivity index (χ0n) is 12.9. The second kappa shape index (κ2) is 6.76. The summed E-state index contributed by atoms with van der Waals surface area (Å²) in [7, 11) is 0. The number of fused-ring (bicyclic) bond motifs is 1. The SMILES string of the molecule is FC(F)(F)c1cc(Oc2ccccc2C(F)(F)F)c2c(Cl)cc(Cl)cc2n1. The molecule has 3 aromatic rings. The normalized spacial score (nSPS) is 12.4. The number of rotatable bonds is 2. The van der Waals surface area contributed by atoms with E-state index >= 15 is 0 Å². The van der Waals surface area contributed by atoms with Gasteiger partial charge in [-0.25, -0.2) is 4.98 Å². The van der Waals surface area contributed by atoms with E-state index in [2.05, 4.69) is 4.98 Å². The molecule has 0 unspecified atom stereocenters. The van der Waals surface area contributed by atoms with Crippen molar-refractivity contribution >= 4 is 34.1 Å². The summed E-state index contributed by atoms with van der Waals surface area (Å²) in [6, 6.07) is 6.97. The first-order valence-corrected chi connectivity index (χ1v) is 7.93. The van der Waals surface area contributed by atoms with Crippen molar-refractivity contribution in [1.82, 2.24) is 4.98 Å². The number of ether oxygens (including phenoxy) is 1. The van der Waals surface area contributed by atoms with Crippen LogP contribution >= 0.6 is 23.2 Å². The fraction of sp³-hybridized carbons (Fsp3) is 0.118. The third-order valence-electron chi connectivity index (χ3n) is 3.49. The van der Waals surface area contributed by atoms with Crippen molar-refractivity contribution in [2.45, 2.75) is 12.4 Å². The average molecular weight is 426 g/mol. The van der Waals surface area contributed by atoms with Crippen molar-refractivity contribution in [2.24, 2.45) is 0 Å². The van der Waals surface area contributed by atoms with E-state index in [4.69, 9.17) is 27.9 Å². The Bertz CT molecular complexity index is 1020. The van der Waals surface area contributed by atoms with Gasteiger partial charge in [0.25, 0.3) is 0 Å². The Morgan fingerprint density at radius 3 is 2.11 bits per heavy atom. The van der Waals surface area contributed by atoms with E-state index in [-0.39, 0.29) is 20.9 Å². The number of benzene rings is 2. The minimum atomic E-state index is -4.86. The molecule has 0 aliphatic carbocycles. The van der Waals surface area contributed by atoms with Gasteiger partial charge in [-0.3, -0.25) is 0 Å². The van der Waals surface area contributed by atoms with Gasteiger partial charge in [-0.1, -0.05) is 35.3 Å². The van der Waals surface area contributed by atoms with Crippen molar-refractivity contribution in [1.29, 1.82) is 0 Å². The first kappa shape index (κ1) is 19.6. The summed E-state index contributed by atoms with van der Waals surface area (Å²) in [5.74, 6) is -1.19. The van der Waals surface area contributed by atoms with Crippen molar-refractivity contribution in [3.8, 4) is 11.5 Å². The van der Waals surface area contributed by atoms with Gasteiger partial charge >= 0.3 is 12.4 Å². The van der Waals surface area contributed by atoms with E-state index in [0.717, 1.165) is 24.3 Å². The van der Waals surface area contributed by atoms with Crippen LogP contribution in [0.5, 0.6) is 11.5 Å². The third kappa shape index (κ3) is 4.06. The van der Waals surface area contributed by atoms with E-state index in [1.807, 2.05) is 0 Å². The molecule has 0 radical (unpaired) electrons. The number of halogens is 8. The van der Waals surface area contributed by atoms with Gasteiger partial charge < -0.3 is 4.74 Å². The second-order valence-corrected chi connectivity index (χ2v) is 6.22. The largest absolute Gasteiger partial charge is 0.456 e. The van der Waals surface area contributed by atoms with Crippen LogP contribution in [0, 0.1) is 0 Å². The highest BCUT2D eigenvalue weighted by Gasteiger charge is 2.36. The van der Waals surface area contributed by atoms with E-state index < -0.39 is 35.1 Å². The summed E-state index contributed by atoms with van der Waals surface area (Å²) < 4.78 is 84.1. The molecule has 1 aromatic heterocycles. The van der Waals surface area contributed by atoms with Crippen LogP contribution in [0.4, 0.5) is 26.3 Å². The molecule has 0 N–H and O–H groups in total. The molecule has 0 spiro atoms.